The molecule has 0 N–H and O–H groups in total. The van der Waals surface area contributed by atoms with Crippen LogP contribution in [0.25, 0.3) is 0 Å². The van der Waals surface area contributed by atoms with Gasteiger partial charge < -0.3 is 9.64 Å². The molecular weight excluding hydrogens is 306 g/mol. The second-order valence-corrected chi connectivity index (χ2v) is 6.64. The van der Waals surface area contributed by atoms with Gasteiger partial charge in [0.2, 0.25) is 5.13 Å². The van der Waals surface area contributed by atoms with Crippen molar-refractivity contribution in [2.45, 2.75) is 32.3 Å². The SMILES string of the molecule is CCCc1nnc(N2CCC(Oc3cccc(Cl)c3)C2)s1. The average molecular weight is 324 g/mol. The lowest BCUT2D eigenvalue weighted by atomic mass is 10.3. The molecule has 1 aromatic carbocycles. The summed E-state index contributed by atoms with van der Waals surface area (Å²) >= 11 is 7.67. The molecule has 1 atom stereocenters. The summed E-state index contributed by atoms with van der Waals surface area (Å²) < 4.78 is 5.99. The molecule has 0 amide bonds. The molecule has 0 saturated carbocycles. The van der Waals surface area contributed by atoms with Crippen molar-refractivity contribution in [3.05, 3.63) is 34.3 Å². The Bertz CT molecular complexity index is 604. The quantitative estimate of drug-likeness (QED) is 0.839. The van der Waals surface area contributed by atoms with Gasteiger partial charge in [0.1, 0.15) is 16.9 Å². The molecule has 1 aliphatic rings. The minimum Gasteiger partial charge on any atom is -0.488 e. The zero-order valence-electron chi connectivity index (χ0n) is 12.0. The average Bonchev–Trinajstić information content (AvgIpc) is 3.08. The number of rotatable bonds is 5. The van der Waals surface area contributed by atoms with Crippen molar-refractivity contribution in [3.63, 3.8) is 0 Å². The maximum atomic E-state index is 5.99. The summed E-state index contributed by atoms with van der Waals surface area (Å²) in [5, 5.41) is 11.4. The van der Waals surface area contributed by atoms with Gasteiger partial charge in [-0.3, -0.25) is 0 Å². The number of halogens is 1. The van der Waals surface area contributed by atoms with E-state index in [9.17, 15) is 0 Å². The van der Waals surface area contributed by atoms with Crippen LogP contribution < -0.4 is 9.64 Å². The molecule has 2 heterocycles. The number of anilines is 1. The van der Waals surface area contributed by atoms with Crippen LogP contribution in [-0.4, -0.2) is 29.4 Å². The predicted octanol–water partition coefficient (Wildman–Crippen LogP) is 3.80. The van der Waals surface area contributed by atoms with E-state index in [0.717, 1.165) is 48.2 Å². The van der Waals surface area contributed by atoms with Crippen LogP contribution in [0.3, 0.4) is 0 Å². The van der Waals surface area contributed by atoms with E-state index in [1.54, 1.807) is 11.3 Å². The Hall–Kier alpha value is -1.33. The van der Waals surface area contributed by atoms with Crippen molar-refractivity contribution in [2.24, 2.45) is 0 Å². The first-order valence-corrected chi connectivity index (χ1v) is 8.43. The topological polar surface area (TPSA) is 38.2 Å². The highest BCUT2D eigenvalue weighted by Crippen LogP contribution is 2.27. The number of aromatic nitrogens is 2. The van der Waals surface area contributed by atoms with E-state index >= 15 is 0 Å². The molecule has 0 radical (unpaired) electrons. The van der Waals surface area contributed by atoms with Gasteiger partial charge in [-0.15, -0.1) is 10.2 Å². The van der Waals surface area contributed by atoms with E-state index < -0.39 is 0 Å². The third-order valence-corrected chi connectivity index (χ3v) is 4.71. The molecule has 0 spiro atoms. The fourth-order valence-electron chi connectivity index (χ4n) is 2.42. The van der Waals surface area contributed by atoms with Crippen LogP contribution in [0, 0.1) is 0 Å². The molecule has 2 aromatic rings. The summed E-state index contributed by atoms with van der Waals surface area (Å²) in [6, 6.07) is 7.56. The highest BCUT2D eigenvalue weighted by Gasteiger charge is 2.26. The van der Waals surface area contributed by atoms with Crippen LogP contribution in [-0.2, 0) is 6.42 Å². The van der Waals surface area contributed by atoms with Gasteiger partial charge in [-0.1, -0.05) is 35.9 Å². The van der Waals surface area contributed by atoms with Crippen molar-refractivity contribution in [1.29, 1.82) is 0 Å². The number of nitrogens with zero attached hydrogens (tertiary/aromatic N) is 3. The van der Waals surface area contributed by atoms with Crippen LogP contribution in [0.5, 0.6) is 5.75 Å². The van der Waals surface area contributed by atoms with Gasteiger partial charge in [0.25, 0.3) is 0 Å². The maximum Gasteiger partial charge on any atom is 0.208 e. The number of ether oxygens (including phenoxy) is 1. The van der Waals surface area contributed by atoms with E-state index in [2.05, 4.69) is 22.0 Å². The third-order valence-electron chi connectivity index (χ3n) is 3.43. The zero-order chi connectivity index (χ0) is 14.7. The van der Waals surface area contributed by atoms with Crippen LogP contribution in [0.1, 0.15) is 24.8 Å². The van der Waals surface area contributed by atoms with E-state index in [4.69, 9.17) is 16.3 Å². The van der Waals surface area contributed by atoms with E-state index in [1.807, 2.05) is 24.3 Å². The van der Waals surface area contributed by atoms with Gasteiger partial charge >= 0.3 is 0 Å². The van der Waals surface area contributed by atoms with Crippen molar-refractivity contribution in [1.82, 2.24) is 10.2 Å². The second kappa shape index (κ2) is 6.62. The molecule has 3 rings (SSSR count). The Morgan fingerprint density at radius 3 is 3.14 bits per heavy atom. The number of aryl methyl sites for hydroxylation is 1. The summed E-state index contributed by atoms with van der Waals surface area (Å²) in [7, 11) is 0. The monoisotopic (exact) mass is 323 g/mol. The van der Waals surface area contributed by atoms with Crippen molar-refractivity contribution in [3.8, 4) is 5.75 Å². The molecule has 4 nitrogen and oxygen atoms in total. The minimum atomic E-state index is 0.182. The van der Waals surface area contributed by atoms with Gasteiger partial charge in [0, 0.05) is 24.4 Å². The summed E-state index contributed by atoms with van der Waals surface area (Å²) in [5.74, 6) is 0.832. The molecule has 1 unspecified atom stereocenters. The van der Waals surface area contributed by atoms with Gasteiger partial charge in [-0.25, -0.2) is 0 Å². The molecule has 1 saturated heterocycles. The van der Waals surface area contributed by atoms with Gasteiger partial charge in [0.05, 0.1) is 6.54 Å². The standard InChI is InChI=1S/C15H18ClN3OS/c1-2-4-14-17-18-15(21-14)19-8-7-13(10-19)20-12-6-3-5-11(16)9-12/h3,5-6,9,13H,2,4,7-8,10H2,1H3. The lowest BCUT2D eigenvalue weighted by molar-refractivity contribution is 0.225. The van der Waals surface area contributed by atoms with Crippen LogP contribution in [0.15, 0.2) is 24.3 Å². The van der Waals surface area contributed by atoms with Crippen LogP contribution >= 0.6 is 22.9 Å². The Labute approximate surface area is 133 Å². The van der Waals surface area contributed by atoms with Gasteiger partial charge in [-0.2, -0.15) is 0 Å². The molecule has 1 fully saturated rings. The molecular formula is C15H18ClN3OS. The van der Waals surface area contributed by atoms with Crippen molar-refractivity contribution >= 4 is 28.1 Å². The number of hydrogen-bond acceptors (Lipinski definition) is 5. The normalized spacial score (nSPS) is 18.2. The fraction of sp³-hybridized carbons (Fsp3) is 0.467. The third kappa shape index (κ3) is 3.66. The number of benzene rings is 1. The summed E-state index contributed by atoms with van der Waals surface area (Å²) in [6.45, 7) is 3.98. The van der Waals surface area contributed by atoms with Crippen LogP contribution in [0.2, 0.25) is 5.02 Å². The van der Waals surface area contributed by atoms with E-state index in [-0.39, 0.29) is 6.10 Å². The molecule has 0 aliphatic carbocycles. The van der Waals surface area contributed by atoms with Crippen molar-refractivity contribution < 1.29 is 4.74 Å². The van der Waals surface area contributed by atoms with E-state index in [0.29, 0.717) is 5.02 Å². The molecule has 1 aromatic heterocycles. The first-order chi connectivity index (χ1) is 10.2. The Kier molecular flexibility index (Phi) is 4.60. The van der Waals surface area contributed by atoms with Crippen LogP contribution in [0.4, 0.5) is 5.13 Å². The Balaban J connectivity index is 1.59. The first-order valence-electron chi connectivity index (χ1n) is 7.24. The lowest BCUT2D eigenvalue weighted by Gasteiger charge is -2.15. The Morgan fingerprint density at radius 1 is 1.43 bits per heavy atom. The lowest BCUT2D eigenvalue weighted by Crippen LogP contribution is -2.24. The highest BCUT2D eigenvalue weighted by atomic mass is 35.5. The molecule has 112 valence electrons. The maximum absolute atomic E-state index is 5.99. The second-order valence-electron chi connectivity index (χ2n) is 5.16. The number of hydrogen-bond donors (Lipinski definition) is 0. The molecule has 1 aliphatic heterocycles. The molecule has 21 heavy (non-hydrogen) atoms. The smallest absolute Gasteiger partial charge is 0.208 e. The fourth-order valence-corrected chi connectivity index (χ4v) is 3.57. The summed E-state index contributed by atoms with van der Waals surface area (Å²) in [6.07, 6.45) is 3.29. The largest absolute Gasteiger partial charge is 0.488 e. The van der Waals surface area contributed by atoms with Crippen molar-refractivity contribution in [2.75, 3.05) is 18.0 Å². The Morgan fingerprint density at radius 2 is 2.33 bits per heavy atom. The van der Waals surface area contributed by atoms with E-state index in [1.165, 1.54) is 0 Å². The summed E-state index contributed by atoms with van der Waals surface area (Å²) in [4.78, 5) is 2.26. The first kappa shape index (κ1) is 14.6. The van der Waals surface area contributed by atoms with Gasteiger partial charge in [0.15, 0.2) is 0 Å². The predicted molar refractivity (Wildman–Crippen MR) is 86.6 cm³/mol. The summed E-state index contributed by atoms with van der Waals surface area (Å²) in [5.41, 5.74) is 0. The molecule has 6 heteroatoms. The molecule has 0 bridgehead atoms. The minimum absolute atomic E-state index is 0.182. The van der Waals surface area contributed by atoms with Gasteiger partial charge in [-0.05, 0) is 24.6 Å². The highest BCUT2D eigenvalue weighted by molar-refractivity contribution is 7.15. The zero-order valence-corrected chi connectivity index (χ0v) is 13.5.